The van der Waals surface area contributed by atoms with Gasteiger partial charge in [-0.2, -0.15) is 0 Å². The molecule has 15 heavy (non-hydrogen) atoms. The molecular weight excluding hydrogens is 200 g/mol. The molecular formula is C10H8O5. The zero-order valence-corrected chi connectivity index (χ0v) is 7.52. The Kier molecular flexibility index (Phi) is 4.05. The molecule has 78 valence electrons. The van der Waals surface area contributed by atoms with E-state index in [1.165, 1.54) is 12.1 Å². The maximum Gasteiger partial charge on any atom is 0.335 e. The predicted octanol–water partition coefficient (Wildman–Crippen LogP) is 0.240. The number of rotatable bonds is 2. The first kappa shape index (κ1) is 12.7. The van der Waals surface area contributed by atoms with Crippen molar-refractivity contribution in [3.8, 4) is 12.3 Å². The van der Waals surface area contributed by atoms with Crippen molar-refractivity contribution in [2.75, 3.05) is 0 Å². The van der Waals surface area contributed by atoms with E-state index in [0.717, 1.165) is 6.07 Å². The number of carboxylic acids is 2. The maximum absolute atomic E-state index is 10.6. The second-order valence-electron chi connectivity index (χ2n) is 2.55. The number of terminal acetylenes is 1. The van der Waals surface area contributed by atoms with Gasteiger partial charge in [0.2, 0.25) is 0 Å². The van der Waals surface area contributed by atoms with Crippen molar-refractivity contribution in [3.05, 3.63) is 34.9 Å². The Hall–Kier alpha value is -2.32. The van der Waals surface area contributed by atoms with Gasteiger partial charge < -0.3 is 15.7 Å². The summed E-state index contributed by atoms with van der Waals surface area (Å²) in [4.78, 5) is 21.2. The molecule has 0 radical (unpaired) electrons. The van der Waals surface area contributed by atoms with Gasteiger partial charge in [-0.3, -0.25) is 0 Å². The third kappa shape index (κ3) is 2.83. The summed E-state index contributed by atoms with van der Waals surface area (Å²) in [5.74, 6) is -0.217. The van der Waals surface area contributed by atoms with Gasteiger partial charge in [0.15, 0.2) is 0 Å². The number of benzene rings is 1. The van der Waals surface area contributed by atoms with Gasteiger partial charge in [0.05, 0.1) is 11.1 Å². The normalized spacial score (nSPS) is 8.47. The van der Waals surface area contributed by atoms with Gasteiger partial charge in [-0.15, -0.1) is 6.42 Å². The lowest BCUT2D eigenvalue weighted by atomic mass is 10.1. The van der Waals surface area contributed by atoms with Gasteiger partial charge in [-0.1, -0.05) is 5.92 Å². The minimum absolute atomic E-state index is 0. The van der Waals surface area contributed by atoms with Crippen LogP contribution >= 0.6 is 0 Å². The first-order valence-electron chi connectivity index (χ1n) is 3.63. The average Bonchev–Trinajstić information content (AvgIpc) is 2.16. The van der Waals surface area contributed by atoms with Crippen LogP contribution in [0.3, 0.4) is 0 Å². The Labute approximate surface area is 85.3 Å². The minimum Gasteiger partial charge on any atom is -0.478 e. The molecule has 0 aliphatic rings. The third-order valence-corrected chi connectivity index (χ3v) is 1.59. The molecule has 1 aromatic rings. The zero-order valence-electron chi connectivity index (χ0n) is 7.52. The van der Waals surface area contributed by atoms with Crippen molar-refractivity contribution in [1.82, 2.24) is 0 Å². The van der Waals surface area contributed by atoms with E-state index in [9.17, 15) is 9.59 Å². The second-order valence-corrected chi connectivity index (χ2v) is 2.55. The fourth-order valence-corrected chi connectivity index (χ4v) is 0.958. The van der Waals surface area contributed by atoms with Crippen molar-refractivity contribution >= 4 is 11.9 Å². The average molecular weight is 208 g/mol. The molecule has 0 fully saturated rings. The largest absolute Gasteiger partial charge is 0.478 e. The highest BCUT2D eigenvalue weighted by molar-refractivity contribution is 5.94. The van der Waals surface area contributed by atoms with Crippen molar-refractivity contribution in [1.29, 1.82) is 0 Å². The molecule has 5 nitrogen and oxygen atoms in total. The van der Waals surface area contributed by atoms with Crippen LogP contribution in [0.25, 0.3) is 0 Å². The standard InChI is InChI=1S/C10H6O4.H2O/c1-2-6-3-7(9(11)12)5-8(4-6)10(13)14;/h1,3-5H,(H,11,12)(H,13,14);1H2. The predicted molar refractivity (Wildman–Crippen MR) is 51.9 cm³/mol. The molecule has 0 saturated carbocycles. The van der Waals surface area contributed by atoms with Crippen LogP contribution in [0.5, 0.6) is 0 Å². The lowest BCUT2D eigenvalue weighted by Gasteiger charge is -1.99. The number of carboxylic acid groups (broad SMARTS) is 2. The quantitative estimate of drug-likeness (QED) is 0.679. The van der Waals surface area contributed by atoms with Gasteiger partial charge in [-0.25, -0.2) is 9.59 Å². The van der Waals surface area contributed by atoms with Gasteiger partial charge in [0, 0.05) is 5.56 Å². The van der Waals surface area contributed by atoms with Crippen molar-refractivity contribution in [2.24, 2.45) is 0 Å². The van der Waals surface area contributed by atoms with Crippen molar-refractivity contribution in [2.45, 2.75) is 0 Å². The first-order chi connectivity index (χ1) is 6.54. The van der Waals surface area contributed by atoms with E-state index >= 15 is 0 Å². The second kappa shape index (κ2) is 4.79. The summed E-state index contributed by atoms with van der Waals surface area (Å²) in [6.07, 6.45) is 5.05. The molecule has 0 amide bonds. The van der Waals surface area contributed by atoms with E-state index in [2.05, 4.69) is 5.92 Å². The highest BCUT2D eigenvalue weighted by Gasteiger charge is 2.10. The molecule has 0 saturated heterocycles. The van der Waals surface area contributed by atoms with E-state index in [-0.39, 0.29) is 22.2 Å². The van der Waals surface area contributed by atoms with E-state index < -0.39 is 11.9 Å². The highest BCUT2D eigenvalue weighted by Crippen LogP contribution is 2.09. The summed E-state index contributed by atoms with van der Waals surface area (Å²) in [6, 6.07) is 3.55. The molecule has 0 atom stereocenters. The molecule has 5 heteroatoms. The number of hydrogen-bond acceptors (Lipinski definition) is 2. The molecule has 0 spiro atoms. The molecule has 0 aliphatic carbocycles. The molecule has 1 rings (SSSR count). The van der Waals surface area contributed by atoms with Crippen LogP contribution in [-0.4, -0.2) is 27.6 Å². The van der Waals surface area contributed by atoms with Gasteiger partial charge in [0.1, 0.15) is 0 Å². The lowest BCUT2D eigenvalue weighted by molar-refractivity contribution is 0.0696. The molecule has 0 heterocycles. The van der Waals surface area contributed by atoms with E-state index in [1.807, 2.05) is 0 Å². The van der Waals surface area contributed by atoms with E-state index in [0.29, 0.717) is 0 Å². The summed E-state index contributed by atoms with van der Waals surface area (Å²) < 4.78 is 0. The molecule has 0 unspecified atom stereocenters. The lowest BCUT2D eigenvalue weighted by Crippen LogP contribution is -2.03. The molecule has 0 aliphatic heterocycles. The summed E-state index contributed by atoms with van der Waals surface area (Å²) in [7, 11) is 0. The monoisotopic (exact) mass is 208 g/mol. The maximum atomic E-state index is 10.6. The Morgan fingerprint density at radius 2 is 1.47 bits per heavy atom. The van der Waals surface area contributed by atoms with Crippen molar-refractivity contribution in [3.63, 3.8) is 0 Å². The fraction of sp³-hybridized carbons (Fsp3) is 0. The summed E-state index contributed by atoms with van der Waals surface area (Å²) in [5, 5.41) is 17.3. The smallest absolute Gasteiger partial charge is 0.335 e. The number of aromatic carboxylic acids is 2. The molecule has 1 aromatic carbocycles. The summed E-state index contributed by atoms with van der Waals surface area (Å²) in [5.41, 5.74) is -0.0157. The van der Waals surface area contributed by atoms with Crippen LogP contribution < -0.4 is 0 Å². The van der Waals surface area contributed by atoms with Crippen LogP contribution in [0.15, 0.2) is 18.2 Å². The molecule has 0 bridgehead atoms. The van der Waals surface area contributed by atoms with Crippen LogP contribution in [0.2, 0.25) is 0 Å². The van der Waals surface area contributed by atoms with Crippen LogP contribution in [-0.2, 0) is 0 Å². The number of carbonyl (C=O) groups is 2. The van der Waals surface area contributed by atoms with E-state index in [1.54, 1.807) is 0 Å². The van der Waals surface area contributed by atoms with E-state index in [4.69, 9.17) is 16.6 Å². The van der Waals surface area contributed by atoms with Gasteiger partial charge >= 0.3 is 11.9 Å². The Morgan fingerprint density at radius 3 is 1.73 bits per heavy atom. The fourth-order valence-electron chi connectivity index (χ4n) is 0.958. The van der Waals surface area contributed by atoms with Crippen LogP contribution in [0.4, 0.5) is 0 Å². The van der Waals surface area contributed by atoms with Crippen LogP contribution in [0, 0.1) is 12.3 Å². The zero-order chi connectivity index (χ0) is 10.7. The van der Waals surface area contributed by atoms with Crippen LogP contribution in [0.1, 0.15) is 26.3 Å². The van der Waals surface area contributed by atoms with Gasteiger partial charge in [0.25, 0.3) is 0 Å². The number of hydrogen-bond donors (Lipinski definition) is 2. The SMILES string of the molecule is C#Cc1cc(C(=O)O)cc(C(=O)O)c1.O. The van der Waals surface area contributed by atoms with Gasteiger partial charge in [-0.05, 0) is 18.2 Å². The Balaban J connectivity index is 0.00000196. The molecule has 4 N–H and O–H groups in total. The minimum atomic E-state index is -1.20. The van der Waals surface area contributed by atoms with Crippen molar-refractivity contribution < 1.29 is 25.3 Å². The third-order valence-electron chi connectivity index (χ3n) is 1.59. The Bertz CT molecular complexity index is 409. The molecule has 0 aromatic heterocycles. The summed E-state index contributed by atoms with van der Waals surface area (Å²) >= 11 is 0. The summed E-state index contributed by atoms with van der Waals surface area (Å²) in [6.45, 7) is 0. The topological polar surface area (TPSA) is 106 Å². The Morgan fingerprint density at radius 1 is 1.07 bits per heavy atom. The first-order valence-corrected chi connectivity index (χ1v) is 3.63. The highest BCUT2D eigenvalue weighted by atomic mass is 16.4.